The largest absolute Gasteiger partial charge is 0.466 e. The van der Waals surface area contributed by atoms with Crippen LogP contribution in [0.5, 0.6) is 0 Å². The van der Waals surface area contributed by atoms with Gasteiger partial charge in [0.25, 0.3) is 0 Å². The van der Waals surface area contributed by atoms with Crippen LogP contribution in [0.2, 0.25) is 0 Å². The van der Waals surface area contributed by atoms with Gasteiger partial charge in [-0.1, -0.05) is 0 Å². The molecule has 2 atom stereocenters. The summed E-state index contributed by atoms with van der Waals surface area (Å²) in [6.45, 7) is -1.28. The Hall–Kier alpha value is -0.0900. The van der Waals surface area contributed by atoms with Crippen molar-refractivity contribution in [1.82, 2.24) is 0 Å². The summed E-state index contributed by atoms with van der Waals surface area (Å²) in [5, 5.41) is 42.6. The number of aliphatic hydroxyl groups excluding tert-OH is 5. The zero-order valence-electron chi connectivity index (χ0n) is 7.58. The molecule has 0 saturated carbocycles. The van der Waals surface area contributed by atoms with E-state index in [1.807, 2.05) is 0 Å². The molecule has 94 valence electrons. The Kier molecular flexibility index (Phi) is 9.36. The first-order chi connectivity index (χ1) is 6.63. The van der Waals surface area contributed by atoms with Gasteiger partial charge in [-0.25, -0.2) is 4.57 Å². The third-order valence-corrected chi connectivity index (χ3v) is 1.16. The first-order valence-electron chi connectivity index (χ1n) is 3.67. The maximum Gasteiger partial charge on any atom is 0.466 e. The summed E-state index contributed by atoms with van der Waals surface area (Å²) < 4.78 is 8.88. The Morgan fingerprint density at radius 1 is 0.867 bits per heavy atom. The lowest BCUT2D eigenvalue weighted by Crippen LogP contribution is -2.41. The van der Waals surface area contributed by atoms with E-state index in [0.717, 1.165) is 0 Å². The molecule has 0 rings (SSSR count). The van der Waals surface area contributed by atoms with Gasteiger partial charge in [0.1, 0.15) is 18.3 Å². The molecule has 0 aliphatic rings. The van der Waals surface area contributed by atoms with Crippen LogP contribution in [0.3, 0.4) is 0 Å². The fourth-order valence-electron chi connectivity index (χ4n) is 0.472. The zero-order valence-corrected chi connectivity index (χ0v) is 8.47. The van der Waals surface area contributed by atoms with Gasteiger partial charge in [0.05, 0.1) is 13.2 Å². The highest BCUT2D eigenvalue weighted by Gasteiger charge is 2.22. The van der Waals surface area contributed by atoms with Crippen molar-refractivity contribution < 1.29 is 44.8 Å². The van der Waals surface area contributed by atoms with Crippen molar-refractivity contribution >= 4 is 7.82 Å². The Labute approximate surface area is 85.1 Å². The van der Waals surface area contributed by atoms with E-state index in [0.29, 0.717) is 0 Å². The fourth-order valence-corrected chi connectivity index (χ4v) is 0.472. The molecule has 0 heterocycles. The Morgan fingerprint density at radius 2 is 1.07 bits per heavy atom. The summed E-state index contributed by atoms with van der Waals surface area (Å²) >= 11 is 0. The summed E-state index contributed by atoms with van der Waals surface area (Å²) in [6, 6.07) is 0. The van der Waals surface area contributed by atoms with Gasteiger partial charge in [-0.05, 0) is 0 Å². The molecule has 0 bridgehead atoms. The van der Waals surface area contributed by atoms with E-state index >= 15 is 0 Å². The number of rotatable bonds is 4. The second-order valence-electron chi connectivity index (χ2n) is 2.50. The Morgan fingerprint density at radius 3 is 1.20 bits per heavy atom. The molecular weight excluding hydrogens is 235 g/mol. The SMILES string of the molecule is O=P(O)(O)O.OCC(O)C(O)C(O)CO. The summed E-state index contributed by atoms with van der Waals surface area (Å²) in [6.07, 6.45) is -4.29. The molecular formula is C5H15O9P. The molecule has 0 amide bonds. The average molecular weight is 250 g/mol. The monoisotopic (exact) mass is 250 g/mol. The fraction of sp³-hybridized carbons (Fsp3) is 1.00. The molecule has 0 aliphatic heterocycles. The molecule has 0 saturated heterocycles. The van der Waals surface area contributed by atoms with Gasteiger partial charge < -0.3 is 40.2 Å². The van der Waals surface area contributed by atoms with Gasteiger partial charge in [-0.3, -0.25) is 0 Å². The van der Waals surface area contributed by atoms with E-state index in [4.69, 9.17) is 44.8 Å². The molecule has 10 heteroatoms. The van der Waals surface area contributed by atoms with Crippen LogP contribution < -0.4 is 0 Å². The molecule has 0 spiro atoms. The number of hydrogen-bond donors (Lipinski definition) is 8. The van der Waals surface area contributed by atoms with Crippen LogP contribution in [0, 0.1) is 0 Å². The Balaban J connectivity index is 0. The maximum atomic E-state index is 8.88. The molecule has 0 aromatic rings. The minimum Gasteiger partial charge on any atom is -0.394 e. The van der Waals surface area contributed by atoms with Crippen molar-refractivity contribution in [2.45, 2.75) is 18.3 Å². The van der Waals surface area contributed by atoms with Crippen LogP contribution in [0.1, 0.15) is 0 Å². The standard InChI is InChI=1S/C5H12O5.H3O4P/c6-1-3(8)5(10)4(9)2-7;1-5(2,3)4/h3-10H,1-2H2;(H3,1,2,3,4). The van der Waals surface area contributed by atoms with Crippen LogP contribution >= 0.6 is 7.82 Å². The number of aliphatic hydroxyl groups is 5. The molecule has 0 radical (unpaired) electrons. The minimum absolute atomic E-state index is 0.641. The second-order valence-corrected chi connectivity index (χ2v) is 3.53. The van der Waals surface area contributed by atoms with Crippen LogP contribution in [0.4, 0.5) is 0 Å². The van der Waals surface area contributed by atoms with Crippen molar-refractivity contribution in [3.8, 4) is 0 Å². The van der Waals surface area contributed by atoms with Gasteiger partial charge in [0.15, 0.2) is 0 Å². The Bertz CT molecular complexity index is 173. The molecule has 2 unspecified atom stereocenters. The van der Waals surface area contributed by atoms with E-state index in [1.165, 1.54) is 0 Å². The smallest absolute Gasteiger partial charge is 0.394 e. The van der Waals surface area contributed by atoms with Crippen molar-refractivity contribution in [1.29, 1.82) is 0 Å². The third-order valence-electron chi connectivity index (χ3n) is 1.16. The van der Waals surface area contributed by atoms with Crippen molar-refractivity contribution in [2.24, 2.45) is 0 Å². The predicted molar refractivity (Wildman–Crippen MR) is 46.5 cm³/mol. The van der Waals surface area contributed by atoms with E-state index in [-0.39, 0.29) is 0 Å². The minimum atomic E-state index is -4.64. The molecule has 0 aromatic carbocycles. The van der Waals surface area contributed by atoms with Crippen molar-refractivity contribution in [2.75, 3.05) is 13.2 Å². The third kappa shape index (κ3) is 13.9. The van der Waals surface area contributed by atoms with Crippen molar-refractivity contribution in [3.63, 3.8) is 0 Å². The molecule has 9 nitrogen and oxygen atoms in total. The van der Waals surface area contributed by atoms with Crippen LogP contribution in [0.25, 0.3) is 0 Å². The van der Waals surface area contributed by atoms with Gasteiger partial charge in [0.2, 0.25) is 0 Å². The topological polar surface area (TPSA) is 179 Å². The summed E-state index contributed by atoms with van der Waals surface area (Å²) in [7, 11) is -4.64. The number of hydrogen-bond acceptors (Lipinski definition) is 6. The van der Waals surface area contributed by atoms with E-state index in [9.17, 15) is 0 Å². The predicted octanol–water partition coefficient (Wildman–Crippen LogP) is -3.87. The average Bonchev–Trinajstić information content (AvgIpc) is 2.11. The number of phosphoric acid groups is 1. The molecule has 8 N–H and O–H groups in total. The quantitative estimate of drug-likeness (QED) is 0.231. The maximum absolute atomic E-state index is 8.88. The summed E-state index contributed by atoms with van der Waals surface area (Å²) in [5.41, 5.74) is 0. The van der Waals surface area contributed by atoms with E-state index < -0.39 is 39.3 Å². The lowest BCUT2D eigenvalue weighted by atomic mass is 10.1. The van der Waals surface area contributed by atoms with Gasteiger partial charge in [0, 0.05) is 0 Å². The first kappa shape index (κ1) is 17.3. The normalized spacial score (nSPS) is 17.3. The molecule has 0 fully saturated rings. The van der Waals surface area contributed by atoms with Gasteiger partial charge >= 0.3 is 7.82 Å². The summed E-state index contributed by atoms with van der Waals surface area (Å²) in [4.78, 5) is 21.6. The van der Waals surface area contributed by atoms with E-state index in [1.54, 1.807) is 0 Å². The highest BCUT2D eigenvalue weighted by Crippen LogP contribution is 2.25. The molecule has 0 aromatic heterocycles. The molecule has 0 aliphatic carbocycles. The lowest BCUT2D eigenvalue weighted by molar-refractivity contribution is -0.0900. The second kappa shape index (κ2) is 8.11. The van der Waals surface area contributed by atoms with E-state index in [2.05, 4.69) is 0 Å². The lowest BCUT2D eigenvalue weighted by Gasteiger charge is -2.19. The summed E-state index contributed by atoms with van der Waals surface area (Å²) in [5.74, 6) is 0. The van der Waals surface area contributed by atoms with Gasteiger partial charge in [-0.2, -0.15) is 0 Å². The first-order valence-corrected chi connectivity index (χ1v) is 5.24. The highest BCUT2D eigenvalue weighted by molar-refractivity contribution is 7.45. The molecule has 15 heavy (non-hydrogen) atoms. The van der Waals surface area contributed by atoms with Crippen molar-refractivity contribution in [3.05, 3.63) is 0 Å². The van der Waals surface area contributed by atoms with Crippen LogP contribution in [-0.2, 0) is 4.57 Å². The highest BCUT2D eigenvalue weighted by atomic mass is 31.2. The van der Waals surface area contributed by atoms with Crippen LogP contribution in [0.15, 0.2) is 0 Å². The van der Waals surface area contributed by atoms with Gasteiger partial charge in [-0.15, -0.1) is 0 Å². The van der Waals surface area contributed by atoms with Crippen LogP contribution in [-0.4, -0.2) is 71.7 Å². The zero-order chi connectivity index (χ0) is 12.6.